The molecule has 0 radical (unpaired) electrons. The van der Waals surface area contributed by atoms with Crippen LogP contribution in [0.15, 0.2) is 30.9 Å². The first kappa shape index (κ1) is 13.0. The van der Waals surface area contributed by atoms with Gasteiger partial charge in [-0.3, -0.25) is 0 Å². The van der Waals surface area contributed by atoms with Gasteiger partial charge < -0.3 is 5.32 Å². The maximum absolute atomic E-state index is 3.83. The van der Waals surface area contributed by atoms with E-state index in [0.717, 1.165) is 6.42 Å². The number of allylic oxidation sites excluding steroid dienone is 1. The first-order valence-corrected chi connectivity index (χ1v) is 6.10. The molecule has 1 unspecified atom stereocenters. The third-order valence-electron chi connectivity index (χ3n) is 2.97. The van der Waals surface area contributed by atoms with E-state index in [1.54, 1.807) is 0 Å². The summed E-state index contributed by atoms with van der Waals surface area (Å²) in [6, 6.07) is 7.18. The minimum absolute atomic E-state index is 0.472. The normalized spacial score (nSPS) is 12.4. The van der Waals surface area contributed by atoms with E-state index in [1.165, 1.54) is 29.5 Å². The van der Waals surface area contributed by atoms with Crippen molar-refractivity contribution >= 4 is 0 Å². The molecule has 1 aromatic rings. The predicted molar refractivity (Wildman–Crippen MR) is 71.8 cm³/mol. The predicted octanol–water partition coefficient (Wildman–Crippen LogP) is 3.78. The molecule has 0 aliphatic carbocycles. The van der Waals surface area contributed by atoms with Gasteiger partial charge in [0.15, 0.2) is 0 Å². The SMILES string of the molecule is C=CCc1ccc(C)cc1C(CCC)NC. The Morgan fingerprint density at radius 2 is 2.19 bits per heavy atom. The molecule has 0 fully saturated rings. The zero-order chi connectivity index (χ0) is 12.0. The molecule has 1 N–H and O–H groups in total. The van der Waals surface area contributed by atoms with Crippen LogP contribution in [0.3, 0.4) is 0 Å². The fourth-order valence-electron chi connectivity index (χ4n) is 2.12. The number of rotatable bonds is 6. The van der Waals surface area contributed by atoms with Crippen molar-refractivity contribution in [2.24, 2.45) is 0 Å². The molecule has 0 heterocycles. The van der Waals surface area contributed by atoms with Crippen molar-refractivity contribution in [3.8, 4) is 0 Å². The lowest BCUT2D eigenvalue weighted by Gasteiger charge is -2.19. The average Bonchev–Trinajstić information content (AvgIpc) is 2.29. The quantitative estimate of drug-likeness (QED) is 0.715. The van der Waals surface area contributed by atoms with E-state index in [4.69, 9.17) is 0 Å². The van der Waals surface area contributed by atoms with Crippen molar-refractivity contribution < 1.29 is 0 Å². The van der Waals surface area contributed by atoms with Crippen LogP contribution in [0.5, 0.6) is 0 Å². The smallest absolute Gasteiger partial charge is 0.0320 e. The van der Waals surface area contributed by atoms with Crippen LogP contribution >= 0.6 is 0 Å². The number of nitrogens with one attached hydrogen (secondary N) is 1. The minimum atomic E-state index is 0.472. The Hall–Kier alpha value is -1.08. The molecule has 1 aromatic carbocycles. The van der Waals surface area contributed by atoms with Crippen molar-refractivity contribution in [2.75, 3.05) is 7.05 Å². The largest absolute Gasteiger partial charge is 0.313 e. The van der Waals surface area contributed by atoms with Crippen LogP contribution in [0.4, 0.5) is 0 Å². The molecule has 0 spiro atoms. The molecular formula is C15H23N. The first-order valence-electron chi connectivity index (χ1n) is 6.10. The Bertz CT molecular complexity index is 341. The van der Waals surface area contributed by atoms with Crippen molar-refractivity contribution in [1.82, 2.24) is 5.32 Å². The molecule has 0 saturated carbocycles. The molecule has 0 aromatic heterocycles. The number of hydrogen-bond acceptors (Lipinski definition) is 1. The third kappa shape index (κ3) is 3.21. The molecule has 0 bridgehead atoms. The van der Waals surface area contributed by atoms with E-state index < -0.39 is 0 Å². The Morgan fingerprint density at radius 3 is 2.75 bits per heavy atom. The maximum atomic E-state index is 3.83. The summed E-state index contributed by atoms with van der Waals surface area (Å²) in [4.78, 5) is 0. The zero-order valence-electron chi connectivity index (χ0n) is 10.7. The third-order valence-corrected chi connectivity index (χ3v) is 2.97. The fraction of sp³-hybridized carbons (Fsp3) is 0.467. The van der Waals surface area contributed by atoms with Crippen LogP contribution in [0.1, 0.15) is 42.5 Å². The van der Waals surface area contributed by atoms with Gasteiger partial charge >= 0.3 is 0 Å². The summed E-state index contributed by atoms with van der Waals surface area (Å²) in [6.07, 6.45) is 5.32. The lowest BCUT2D eigenvalue weighted by atomic mass is 9.93. The zero-order valence-corrected chi connectivity index (χ0v) is 10.7. The van der Waals surface area contributed by atoms with Crippen LogP contribution in [-0.4, -0.2) is 7.05 Å². The summed E-state index contributed by atoms with van der Waals surface area (Å²) in [5, 5.41) is 3.41. The lowest BCUT2D eigenvalue weighted by molar-refractivity contribution is 0.538. The highest BCUT2D eigenvalue weighted by molar-refractivity contribution is 5.35. The Morgan fingerprint density at radius 1 is 1.44 bits per heavy atom. The highest BCUT2D eigenvalue weighted by Crippen LogP contribution is 2.24. The van der Waals surface area contributed by atoms with Gasteiger partial charge in [0.25, 0.3) is 0 Å². The molecule has 0 aliphatic rings. The van der Waals surface area contributed by atoms with Gasteiger partial charge in [-0.1, -0.05) is 43.2 Å². The van der Waals surface area contributed by atoms with E-state index >= 15 is 0 Å². The summed E-state index contributed by atoms with van der Waals surface area (Å²) in [5.74, 6) is 0. The van der Waals surface area contributed by atoms with Gasteiger partial charge in [-0.15, -0.1) is 6.58 Å². The summed E-state index contributed by atoms with van der Waals surface area (Å²) in [6.45, 7) is 8.21. The van der Waals surface area contributed by atoms with Gasteiger partial charge in [0, 0.05) is 6.04 Å². The standard InChI is InChI=1S/C15H23N/c1-5-7-13-10-9-12(3)11-14(13)15(16-4)8-6-2/h5,9-11,15-16H,1,6-8H2,2-4H3. The molecule has 1 atom stereocenters. The monoisotopic (exact) mass is 217 g/mol. The molecule has 1 rings (SSSR count). The minimum Gasteiger partial charge on any atom is -0.313 e. The summed E-state index contributed by atoms with van der Waals surface area (Å²) in [7, 11) is 2.04. The van der Waals surface area contributed by atoms with Gasteiger partial charge in [-0.05, 0) is 37.9 Å². The van der Waals surface area contributed by atoms with Crippen LogP contribution in [0, 0.1) is 6.92 Å². The Balaban J connectivity index is 3.05. The van der Waals surface area contributed by atoms with E-state index in [9.17, 15) is 0 Å². The first-order chi connectivity index (χ1) is 7.72. The molecule has 0 saturated heterocycles. The van der Waals surface area contributed by atoms with Crippen molar-refractivity contribution in [1.29, 1.82) is 0 Å². The van der Waals surface area contributed by atoms with E-state index in [2.05, 4.69) is 43.9 Å². The molecule has 88 valence electrons. The maximum Gasteiger partial charge on any atom is 0.0320 e. The highest BCUT2D eigenvalue weighted by atomic mass is 14.9. The van der Waals surface area contributed by atoms with Gasteiger partial charge in [-0.2, -0.15) is 0 Å². The van der Waals surface area contributed by atoms with Gasteiger partial charge in [0.2, 0.25) is 0 Å². The van der Waals surface area contributed by atoms with Crippen LogP contribution in [0.25, 0.3) is 0 Å². The van der Waals surface area contributed by atoms with Gasteiger partial charge in [0.1, 0.15) is 0 Å². The van der Waals surface area contributed by atoms with Gasteiger partial charge in [0.05, 0.1) is 0 Å². The van der Waals surface area contributed by atoms with Crippen LogP contribution in [0.2, 0.25) is 0 Å². The second-order valence-corrected chi connectivity index (χ2v) is 4.33. The fourth-order valence-corrected chi connectivity index (χ4v) is 2.12. The summed E-state index contributed by atoms with van der Waals surface area (Å²) < 4.78 is 0. The Labute approximate surface area is 99.6 Å². The molecular weight excluding hydrogens is 194 g/mol. The topological polar surface area (TPSA) is 12.0 Å². The second kappa shape index (κ2) is 6.49. The number of aryl methyl sites for hydroxylation is 1. The molecule has 1 heteroatoms. The summed E-state index contributed by atoms with van der Waals surface area (Å²) in [5.41, 5.74) is 4.16. The van der Waals surface area contributed by atoms with Gasteiger partial charge in [-0.25, -0.2) is 0 Å². The van der Waals surface area contributed by atoms with Crippen LogP contribution < -0.4 is 5.32 Å². The van der Waals surface area contributed by atoms with Crippen molar-refractivity contribution in [2.45, 2.75) is 39.2 Å². The Kier molecular flexibility index (Phi) is 5.27. The molecule has 0 amide bonds. The number of hydrogen-bond donors (Lipinski definition) is 1. The van der Waals surface area contributed by atoms with Crippen LogP contribution in [-0.2, 0) is 6.42 Å². The molecule has 1 nitrogen and oxygen atoms in total. The van der Waals surface area contributed by atoms with E-state index in [1.807, 2.05) is 13.1 Å². The number of benzene rings is 1. The lowest BCUT2D eigenvalue weighted by Crippen LogP contribution is -2.17. The van der Waals surface area contributed by atoms with E-state index in [0.29, 0.717) is 6.04 Å². The highest BCUT2D eigenvalue weighted by Gasteiger charge is 2.11. The summed E-state index contributed by atoms with van der Waals surface area (Å²) >= 11 is 0. The molecule has 0 aliphatic heterocycles. The van der Waals surface area contributed by atoms with E-state index in [-0.39, 0.29) is 0 Å². The second-order valence-electron chi connectivity index (χ2n) is 4.33. The molecule has 16 heavy (non-hydrogen) atoms. The van der Waals surface area contributed by atoms with Crippen molar-refractivity contribution in [3.63, 3.8) is 0 Å². The van der Waals surface area contributed by atoms with Crippen molar-refractivity contribution in [3.05, 3.63) is 47.5 Å². The average molecular weight is 217 g/mol.